The zero-order chi connectivity index (χ0) is 65.9. The Labute approximate surface area is 540 Å². The number of sulfone groups is 1. The van der Waals surface area contributed by atoms with Crippen molar-refractivity contribution in [1.82, 2.24) is 10.3 Å². The van der Waals surface area contributed by atoms with Crippen LogP contribution < -0.4 is 15.5 Å². The van der Waals surface area contributed by atoms with Gasteiger partial charge in [-0.15, -0.1) is 0 Å². The maximum absolute atomic E-state index is 13.8. The third-order valence-corrected chi connectivity index (χ3v) is 16.0. The molecule has 92 heavy (non-hydrogen) atoms. The van der Waals surface area contributed by atoms with Crippen molar-refractivity contribution in [2.75, 3.05) is 175 Å². The molecular formula is C68H93F3N4O16S. The summed E-state index contributed by atoms with van der Waals surface area (Å²) < 4.78 is 126. The molecule has 0 saturated heterocycles. The minimum Gasteiger partial charge on any atom is -0.382 e. The number of benzene rings is 4. The van der Waals surface area contributed by atoms with E-state index in [1.807, 2.05) is 50.2 Å². The van der Waals surface area contributed by atoms with Gasteiger partial charge in [0.05, 0.1) is 147 Å². The zero-order valence-corrected chi connectivity index (χ0v) is 54.3. The van der Waals surface area contributed by atoms with Crippen LogP contribution in [0, 0.1) is 0 Å². The summed E-state index contributed by atoms with van der Waals surface area (Å²) in [6.45, 7) is 14.7. The summed E-state index contributed by atoms with van der Waals surface area (Å²) in [5.74, 6) is -0.761. The summed E-state index contributed by atoms with van der Waals surface area (Å²) >= 11 is 0. The number of carbonyl (C=O) groups excluding carboxylic acids is 3. The molecule has 0 aliphatic rings. The number of methoxy groups -OCH3 is 1. The van der Waals surface area contributed by atoms with E-state index in [9.17, 15) is 36.0 Å². The molecule has 4 aromatic carbocycles. The summed E-state index contributed by atoms with van der Waals surface area (Å²) in [5.41, 5.74) is 4.43. The van der Waals surface area contributed by atoms with E-state index in [0.29, 0.717) is 205 Å². The van der Waals surface area contributed by atoms with Gasteiger partial charge in [0.1, 0.15) is 5.78 Å². The first-order valence-corrected chi connectivity index (χ1v) is 33.2. The fourth-order valence-corrected chi connectivity index (χ4v) is 10.4. The molecule has 20 nitrogen and oxygen atoms in total. The first-order chi connectivity index (χ1) is 44.7. The molecule has 0 aliphatic heterocycles. The number of Topliss-reactive ketones (excluding diaryl/α,β-unsaturated/α-hetero) is 1. The lowest BCUT2D eigenvalue weighted by Crippen LogP contribution is -2.23. The second-order valence-electron chi connectivity index (χ2n) is 21.0. The SMILES string of the molecule is CCN(CC)c1ccc(NC(=O)c2cccc(CCCOCCOCCOCCOCCCS(=O)(=O)c3ccc(CCC(=O)CCCOCCOCCOCCOCCOCCOCCOC)cc3)c2)c(-c2cc(C(=O)NCc3cccc(C(F)(F)F)c3)ccn2)c1. The highest BCUT2D eigenvalue weighted by Crippen LogP contribution is 2.33. The van der Waals surface area contributed by atoms with E-state index >= 15 is 0 Å². The normalized spacial score (nSPS) is 11.7. The number of hydrogen-bond acceptors (Lipinski definition) is 18. The molecule has 1 heterocycles. The number of alkyl halides is 3. The molecule has 2 amide bonds. The highest BCUT2D eigenvalue weighted by Gasteiger charge is 2.30. The molecule has 0 aliphatic carbocycles. The lowest BCUT2D eigenvalue weighted by molar-refractivity contribution is -0.137. The Morgan fingerprint density at radius 3 is 1.60 bits per heavy atom. The summed E-state index contributed by atoms with van der Waals surface area (Å²) in [5, 5.41) is 5.74. The third-order valence-electron chi connectivity index (χ3n) is 14.2. The van der Waals surface area contributed by atoms with Crippen LogP contribution in [0.2, 0.25) is 0 Å². The maximum Gasteiger partial charge on any atom is 0.416 e. The number of anilines is 2. The summed E-state index contributed by atoms with van der Waals surface area (Å²) in [6.07, 6.45) is 0.613. The smallest absolute Gasteiger partial charge is 0.382 e. The molecule has 2 N–H and O–H groups in total. The number of pyridine rings is 1. The molecule has 0 saturated carbocycles. The van der Waals surface area contributed by atoms with Crippen LogP contribution in [0.1, 0.15) is 88.9 Å². The Morgan fingerprint density at radius 2 is 1.03 bits per heavy atom. The predicted octanol–water partition coefficient (Wildman–Crippen LogP) is 9.69. The molecule has 24 heteroatoms. The average molecular weight is 1310 g/mol. The van der Waals surface area contributed by atoms with Gasteiger partial charge >= 0.3 is 6.18 Å². The van der Waals surface area contributed by atoms with Crippen molar-refractivity contribution in [3.05, 3.63) is 143 Å². The second kappa shape index (κ2) is 45.1. The fraction of sp³-hybridized carbons (Fsp3) is 0.529. The predicted molar refractivity (Wildman–Crippen MR) is 344 cm³/mol. The van der Waals surface area contributed by atoms with Gasteiger partial charge in [-0.1, -0.05) is 36.4 Å². The van der Waals surface area contributed by atoms with Crippen molar-refractivity contribution in [3.63, 3.8) is 0 Å². The van der Waals surface area contributed by atoms with Crippen LogP contribution in [-0.2, 0) is 92.3 Å². The van der Waals surface area contributed by atoms with Crippen molar-refractivity contribution in [2.45, 2.75) is 76.4 Å². The fourth-order valence-electron chi connectivity index (χ4n) is 9.16. The van der Waals surface area contributed by atoms with E-state index in [4.69, 9.17) is 52.1 Å². The van der Waals surface area contributed by atoms with Gasteiger partial charge in [0.25, 0.3) is 11.8 Å². The Bertz CT molecular complexity index is 2990. The Balaban J connectivity index is 0.850. The molecule has 0 fully saturated rings. The lowest BCUT2D eigenvalue weighted by atomic mass is 10.0. The zero-order valence-electron chi connectivity index (χ0n) is 53.5. The van der Waals surface area contributed by atoms with Crippen LogP contribution in [0.15, 0.2) is 114 Å². The van der Waals surface area contributed by atoms with Gasteiger partial charge in [-0.3, -0.25) is 19.4 Å². The topological polar surface area (TPSA) is 227 Å². The van der Waals surface area contributed by atoms with Crippen LogP contribution >= 0.6 is 0 Å². The number of ketones is 1. The highest BCUT2D eigenvalue weighted by atomic mass is 32.2. The van der Waals surface area contributed by atoms with E-state index < -0.39 is 27.5 Å². The molecule has 0 atom stereocenters. The quantitative estimate of drug-likeness (QED) is 0.0345. The van der Waals surface area contributed by atoms with Gasteiger partial charge in [0.2, 0.25) is 0 Å². The minimum atomic E-state index is -4.51. The number of rotatable bonds is 52. The van der Waals surface area contributed by atoms with Gasteiger partial charge in [-0.2, -0.15) is 13.2 Å². The number of aryl methyl sites for hydroxylation is 2. The molecule has 0 spiro atoms. The maximum atomic E-state index is 13.8. The Hall–Kier alpha value is -6.26. The molecule has 0 radical (unpaired) electrons. The van der Waals surface area contributed by atoms with Crippen molar-refractivity contribution >= 4 is 38.8 Å². The number of ether oxygens (including phenoxy) is 11. The number of nitrogens with one attached hydrogen (secondary N) is 2. The minimum absolute atomic E-state index is 0.0546. The van der Waals surface area contributed by atoms with Crippen molar-refractivity contribution in [1.29, 1.82) is 0 Å². The molecule has 5 rings (SSSR count). The van der Waals surface area contributed by atoms with E-state index in [0.717, 1.165) is 42.0 Å². The summed E-state index contributed by atoms with van der Waals surface area (Å²) in [7, 11) is -1.87. The van der Waals surface area contributed by atoms with Crippen LogP contribution in [0.3, 0.4) is 0 Å². The van der Waals surface area contributed by atoms with Crippen molar-refractivity contribution in [2.24, 2.45) is 0 Å². The summed E-state index contributed by atoms with van der Waals surface area (Å²) in [4.78, 5) is 46.5. The molecule has 0 bridgehead atoms. The van der Waals surface area contributed by atoms with Crippen molar-refractivity contribution in [3.8, 4) is 11.3 Å². The monoisotopic (exact) mass is 1310 g/mol. The van der Waals surface area contributed by atoms with E-state index in [1.165, 1.54) is 24.4 Å². The number of hydrogen-bond donors (Lipinski definition) is 2. The number of nitrogens with zero attached hydrogens (tertiary/aromatic N) is 2. The number of amides is 2. The van der Waals surface area contributed by atoms with Gasteiger partial charge < -0.3 is 67.6 Å². The van der Waals surface area contributed by atoms with Crippen molar-refractivity contribution < 1.29 is 88.1 Å². The van der Waals surface area contributed by atoms with Gasteiger partial charge in [-0.25, -0.2) is 8.42 Å². The van der Waals surface area contributed by atoms with E-state index in [1.54, 1.807) is 43.5 Å². The average Bonchev–Trinajstić information content (AvgIpc) is 0.853. The molecular weight excluding hydrogens is 1220 g/mol. The summed E-state index contributed by atoms with van der Waals surface area (Å²) in [6, 6.07) is 27.6. The highest BCUT2D eigenvalue weighted by molar-refractivity contribution is 7.91. The molecule has 508 valence electrons. The Morgan fingerprint density at radius 1 is 0.511 bits per heavy atom. The molecule has 5 aromatic rings. The van der Waals surface area contributed by atoms with Gasteiger partial charge in [0.15, 0.2) is 9.84 Å². The standard InChI is InChI=1S/C68H93F3N4O16S/c1-4-75(5-2)60-20-24-64(63(52-60)65-51-58(25-26-72-65)66(77)73-53-56-12-7-15-59(50-56)68(69,70)71)74-67(78)57-14-6-11-55(49-57)13-8-27-82-32-35-86-40-41-88-37-34-84-29-10-48-92(79,80)62-22-18-54(19-23-62)17-21-61(76)16-9-28-83-33-36-87-42-43-90-46-47-91-45-44-89-39-38-85-31-30-81-3/h6-7,11-12,14-15,18-20,22-26,49-52H,4-5,8-10,13,16-17,21,27-48,53H2,1-3H3,(H,73,77)(H,74,78). The lowest BCUT2D eigenvalue weighted by Gasteiger charge is -2.23. The van der Waals surface area contributed by atoms with Crippen LogP contribution in [-0.4, -0.2) is 196 Å². The van der Waals surface area contributed by atoms with E-state index in [-0.39, 0.29) is 41.1 Å². The number of aromatic nitrogens is 1. The first-order valence-electron chi connectivity index (χ1n) is 31.5. The van der Waals surface area contributed by atoms with Gasteiger partial charge in [-0.05, 0) is 129 Å². The number of carbonyl (C=O) groups is 3. The van der Waals surface area contributed by atoms with Crippen LogP contribution in [0.4, 0.5) is 24.5 Å². The molecule has 1 aromatic heterocycles. The van der Waals surface area contributed by atoms with Crippen LogP contribution in [0.25, 0.3) is 11.3 Å². The van der Waals surface area contributed by atoms with Crippen LogP contribution in [0.5, 0.6) is 0 Å². The Kier molecular flexibility index (Phi) is 37.5. The van der Waals surface area contributed by atoms with Gasteiger partial charge in [0, 0.05) is 88.0 Å². The third kappa shape index (κ3) is 31.1. The first kappa shape index (κ1) is 76.5. The molecule has 0 unspecified atom stereocenters. The second-order valence-corrected chi connectivity index (χ2v) is 23.2. The van der Waals surface area contributed by atoms with E-state index in [2.05, 4.69) is 20.5 Å². The largest absolute Gasteiger partial charge is 0.416 e. The number of halogens is 3.